The number of rotatable bonds is 4. The van der Waals surface area contributed by atoms with Crippen LogP contribution in [0.5, 0.6) is 0 Å². The molecule has 0 atom stereocenters. The van der Waals surface area contributed by atoms with Gasteiger partial charge in [0.05, 0.1) is 10.6 Å². The molecule has 0 radical (unpaired) electrons. The zero-order valence-electron chi connectivity index (χ0n) is 17.2. The van der Waals surface area contributed by atoms with Gasteiger partial charge in [0, 0.05) is 35.5 Å². The summed E-state index contributed by atoms with van der Waals surface area (Å²) >= 11 is 1.49. The van der Waals surface area contributed by atoms with Crippen molar-refractivity contribution in [1.29, 1.82) is 0 Å². The first-order valence-corrected chi connectivity index (χ1v) is 12.7. The zero-order chi connectivity index (χ0) is 21.6. The Morgan fingerprint density at radius 3 is 2.55 bits per heavy atom. The van der Waals surface area contributed by atoms with Crippen molar-refractivity contribution in [3.05, 3.63) is 64.0 Å². The number of hydrogen-bond acceptors (Lipinski definition) is 5. The zero-order valence-corrected chi connectivity index (χ0v) is 18.9. The number of fused-ring (bicyclic) bond motifs is 3. The third-order valence-corrected chi connectivity index (χ3v) is 8.74. The van der Waals surface area contributed by atoms with Gasteiger partial charge in [-0.05, 0) is 55.7 Å². The smallest absolute Gasteiger partial charge is 0.257 e. The van der Waals surface area contributed by atoms with Crippen LogP contribution in [0.4, 0.5) is 5.13 Å². The molecule has 5 rings (SSSR count). The van der Waals surface area contributed by atoms with E-state index >= 15 is 0 Å². The molecule has 1 fully saturated rings. The predicted molar refractivity (Wildman–Crippen MR) is 122 cm³/mol. The summed E-state index contributed by atoms with van der Waals surface area (Å²) in [4.78, 5) is 18.7. The molecule has 6 nitrogen and oxygen atoms in total. The predicted octanol–water partition coefficient (Wildman–Crippen LogP) is 4.45. The molecule has 1 aromatic heterocycles. The van der Waals surface area contributed by atoms with Gasteiger partial charge in [0.2, 0.25) is 10.0 Å². The SMILES string of the molecule is Cc1ccc2c(c1)-c1nc(NC(=O)c3ccc(S(=O)(=O)N4CCCCC4)cc3)sc1C2. The quantitative estimate of drug-likeness (QED) is 0.495. The average Bonchev–Trinajstić information content (AvgIpc) is 3.32. The topological polar surface area (TPSA) is 79.4 Å². The highest BCUT2D eigenvalue weighted by atomic mass is 32.2. The summed E-state index contributed by atoms with van der Waals surface area (Å²) in [7, 11) is -3.50. The number of carbonyl (C=O) groups is 1. The highest BCUT2D eigenvalue weighted by molar-refractivity contribution is 7.89. The molecule has 31 heavy (non-hydrogen) atoms. The van der Waals surface area contributed by atoms with Gasteiger partial charge in [0.1, 0.15) is 0 Å². The number of aromatic nitrogens is 1. The monoisotopic (exact) mass is 453 g/mol. The Kier molecular flexibility index (Phi) is 5.16. The van der Waals surface area contributed by atoms with E-state index < -0.39 is 10.0 Å². The van der Waals surface area contributed by atoms with E-state index in [0.717, 1.165) is 41.8 Å². The van der Waals surface area contributed by atoms with E-state index in [1.807, 2.05) is 0 Å². The van der Waals surface area contributed by atoms with Crippen LogP contribution in [0.25, 0.3) is 11.3 Å². The van der Waals surface area contributed by atoms with Crippen molar-refractivity contribution in [1.82, 2.24) is 9.29 Å². The van der Waals surface area contributed by atoms with E-state index in [-0.39, 0.29) is 10.8 Å². The van der Waals surface area contributed by atoms with Crippen molar-refractivity contribution >= 4 is 32.4 Å². The molecule has 0 saturated carbocycles. The number of anilines is 1. The number of carbonyl (C=O) groups excluding carboxylic acids is 1. The molecule has 1 aliphatic carbocycles. The minimum atomic E-state index is -3.50. The molecular formula is C23H23N3O3S2. The van der Waals surface area contributed by atoms with Crippen LogP contribution in [-0.2, 0) is 16.4 Å². The minimum absolute atomic E-state index is 0.228. The Morgan fingerprint density at radius 2 is 1.81 bits per heavy atom. The largest absolute Gasteiger partial charge is 0.298 e. The van der Waals surface area contributed by atoms with Crippen molar-refractivity contribution < 1.29 is 13.2 Å². The van der Waals surface area contributed by atoms with E-state index in [1.165, 1.54) is 38.9 Å². The first-order chi connectivity index (χ1) is 14.9. The number of piperidine rings is 1. The molecule has 2 aromatic carbocycles. The maximum Gasteiger partial charge on any atom is 0.257 e. The second-order valence-electron chi connectivity index (χ2n) is 8.07. The van der Waals surface area contributed by atoms with Crippen molar-refractivity contribution in [3.63, 3.8) is 0 Å². The Hall–Kier alpha value is -2.55. The van der Waals surface area contributed by atoms with Gasteiger partial charge in [-0.1, -0.05) is 24.1 Å². The summed E-state index contributed by atoms with van der Waals surface area (Å²) in [5.74, 6) is -0.293. The first kappa shape index (κ1) is 20.4. The van der Waals surface area contributed by atoms with Gasteiger partial charge < -0.3 is 0 Å². The Morgan fingerprint density at radius 1 is 1.06 bits per heavy atom. The highest BCUT2D eigenvalue weighted by Crippen LogP contribution is 2.41. The van der Waals surface area contributed by atoms with Crippen LogP contribution in [0.1, 0.15) is 45.6 Å². The molecule has 1 N–H and O–H groups in total. The molecule has 3 aromatic rings. The van der Waals surface area contributed by atoms with Gasteiger partial charge in [-0.25, -0.2) is 13.4 Å². The van der Waals surface area contributed by atoms with Crippen LogP contribution < -0.4 is 5.32 Å². The van der Waals surface area contributed by atoms with E-state index in [1.54, 1.807) is 12.1 Å². The number of thiazole rings is 1. The number of hydrogen-bond donors (Lipinski definition) is 1. The molecule has 1 amide bonds. The summed E-state index contributed by atoms with van der Waals surface area (Å²) in [6.07, 6.45) is 3.68. The lowest BCUT2D eigenvalue weighted by atomic mass is 10.1. The molecule has 1 saturated heterocycles. The van der Waals surface area contributed by atoms with Crippen molar-refractivity contribution in [2.75, 3.05) is 18.4 Å². The Balaban J connectivity index is 1.31. The van der Waals surface area contributed by atoms with Gasteiger partial charge >= 0.3 is 0 Å². The fraction of sp³-hybridized carbons (Fsp3) is 0.304. The molecule has 2 heterocycles. The summed E-state index contributed by atoms with van der Waals surface area (Å²) in [6, 6.07) is 12.5. The fourth-order valence-corrected chi connectivity index (χ4v) is 6.69. The number of benzene rings is 2. The summed E-state index contributed by atoms with van der Waals surface area (Å²) in [6.45, 7) is 3.17. The second kappa shape index (κ2) is 7.85. The summed E-state index contributed by atoms with van der Waals surface area (Å²) < 4.78 is 27.1. The van der Waals surface area contributed by atoms with Gasteiger partial charge in [0.15, 0.2) is 5.13 Å². The molecule has 2 aliphatic rings. The second-order valence-corrected chi connectivity index (χ2v) is 11.1. The first-order valence-electron chi connectivity index (χ1n) is 10.4. The number of amides is 1. The number of nitrogens with zero attached hydrogens (tertiary/aromatic N) is 2. The Labute approximate surface area is 186 Å². The van der Waals surface area contributed by atoms with Crippen LogP contribution in [-0.4, -0.2) is 36.7 Å². The molecule has 0 unspecified atom stereocenters. The minimum Gasteiger partial charge on any atom is -0.298 e. The molecule has 8 heteroatoms. The van der Waals surface area contributed by atoms with Crippen molar-refractivity contribution in [3.8, 4) is 11.3 Å². The molecule has 160 valence electrons. The van der Waals surface area contributed by atoms with Crippen molar-refractivity contribution in [2.24, 2.45) is 0 Å². The maximum atomic E-state index is 12.8. The average molecular weight is 454 g/mol. The molecule has 0 spiro atoms. The lowest BCUT2D eigenvalue weighted by Gasteiger charge is -2.25. The summed E-state index contributed by atoms with van der Waals surface area (Å²) in [5.41, 5.74) is 4.94. The molecular weight excluding hydrogens is 430 g/mol. The van der Waals surface area contributed by atoms with Gasteiger partial charge in [-0.3, -0.25) is 10.1 Å². The third-order valence-electron chi connectivity index (χ3n) is 5.86. The Bertz CT molecular complexity index is 1260. The van der Waals surface area contributed by atoms with E-state index in [9.17, 15) is 13.2 Å². The molecule has 1 aliphatic heterocycles. The number of nitrogens with one attached hydrogen (secondary N) is 1. The van der Waals surface area contributed by atoms with E-state index in [0.29, 0.717) is 23.8 Å². The normalized spacial score (nSPS) is 16.0. The van der Waals surface area contributed by atoms with Crippen LogP contribution in [0, 0.1) is 6.92 Å². The van der Waals surface area contributed by atoms with E-state index in [4.69, 9.17) is 0 Å². The van der Waals surface area contributed by atoms with Crippen molar-refractivity contribution in [2.45, 2.75) is 37.5 Å². The highest BCUT2D eigenvalue weighted by Gasteiger charge is 2.27. The van der Waals surface area contributed by atoms with Crippen LogP contribution in [0.2, 0.25) is 0 Å². The van der Waals surface area contributed by atoms with Gasteiger partial charge in [0.25, 0.3) is 5.91 Å². The van der Waals surface area contributed by atoms with Crippen LogP contribution in [0.3, 0.4) is 0 Å². The fourth-order valence-electron chi connectivity index (χ4n) is 4.18. The number of sulfonamides is 1. The van der Waals surface area contributed by atoms with E-state index in [2.05, 4.69) is 35.4 Å². The van der Waals surface area contributed by atoms with Crippen LogP contribution >= 0.6 is 11.3 Å². The van der Waals surface area contributed by atoms with Crippen LogP contribution in [0.15, 0.2) is 47.4 Å². The lowest BCUT2D eigenvalue weighted by molar-refractivity contribution is 0.102. The van der Waals surface area contributed by atoms with Gasteiger partial charge in [-0.15, -0.1) is 11.3 Å². The third kappa shape index (κ3) is 3.79. The summed E-state index contributed by atoms with van der Waals surface area (Å²) in [5, 5.41) is 3.43. The number of aryl methyl sites for hydroxylation is 1. The lowest BCUT2D eigenvalue weighted by Crippen LogP contribution is -2.35. The maximum absolute atomic E-state index is 12.8. The van der Waals surface area contributed by atoms with Gasteiger partial charge in [-0.2, -0.15) is 4.31 Å². The standard InChI is InChI=1S/C23H23N3O3S2/c1-15-5-6-17-14-20-21(19(17)13-15)24-23(30-20)25-22(27)16-7-9-18(10-8-16)31(28,29)26-11-3-2-4-12-26/h5-10,13H,2-4,11-12,14H2,1H3,(H,24,25,27). The molecule has 0 bridgehead atoms.